The summed E-state index contributed by atoms with van der Waals surface area (Å²) in [6.07, 6.45) is 2.84. The minimum atomic E-state index is -0.644. The molecule has 0 saturated heterocycles. The Bertz CT molecular complexity index is 844. The second-order valence-corrected chi connectivity index (χ2v) is 6.25. The third-order valence-corrected chi connectivity index (χ3v) is 4.11. The van der Waals surface area contributed by atoms with E-state index in [2.05, 4.69) is 15.0 Å². The van der Waals surface area contributed by atoms with Gasteiger partial charge in [0.15, 0.2) is 11.7 Å². The molecule has 0 aliphatic heterocycles. The molecule has 0 bridgehead atoms. The van der Waals surface area contributed by atoms with E-state index < -0.39 is 24.5 Å². The largest absolute Gasteiger partial charge is 0.494 e. The zero-order valence-corrected chi connectivity index (χ0v) is 16.3. The van der Waals surface area contributed by atoms with Crippen LogP contribution < -0.4 is 10.1 Å². The Kier molecular flexibility index (Phi) is 8.16. The normalized spacial score (nSPS) is 10.5. The van der Waals surface area contributed by atoms with Gasteiger partial charge >= 0.3 is 11.9 Å². The van der Waals surface area contributed by atoms with E-state index in [1.54, 1.807) is 35.7 Å². The predicted molar refractivity (Wildman–Crippen MR) is 104 cm³/mol. The zero-order valence-electron chi connectivity index (χ0n) is 15.5. The van der Waals surface area contributed by atoms with E-state index in [9.17, 15) is 14.4 Å². The van der Waals surface area contributed by atoms with Crippen molar-refractivity contribution in [1.82, 2.24) is 4.98 Å². The molecule has 1 amide bonds. The van der Waals surface area contributed by atoms with Crippen LogP contribution in [0, 0.1) is 0 Å². The fraction of sp³-hybridized carbons (Fsp3) is 0.263. The minimum Gasteiger partial charge on any atom is -0.494 e. The molecule has 8 nitrogen and oxygen atoms in total. The van der Waals surface area contributed by atoms with E-state index in [4.69, 9.17) is 9.47 Å². The van der Waals surface area contributed by atoms with Crippen molar-refractivity contribution >= 4 is 40.4 Å². The lowest BCUT2D eigenvalue weighted by Gasteiger charge is -2.03. The van der Waals surface area contributed by atoms with Crippen LogP contribution in [0.1, 0.15) is 18.2 Å². The van der Waals surface area contributed by atoms with Crippen molar-refractivity contribution in [3.05, 3.63) is 47.0 Å². The van der Waals surface area contributed by atoms with Crippen LogP contribution >= 0.6 is 11.3 Å². The molecule has 1 aromatic heterocycles. The maximum atomic E-state index is 11.8. The van der Waals surface area contributed by atoms with Gasteiger partial charge in [-0.25, -0.2) is 9.78 Å². The Labute approximate surface area is 166 Å². The summed E-state index contributed by atoms with van der Waals surface area (Å²) >= 11 is 1.16. The molecule has 28 heavy (non-hydrogen) atoms. The molecule has 2 aromatic rings. The molecular formula is C19H20N2O6S. The number of rotatable bonds is 9. The lowest BCUT2D eigenvalue weighted by atomic mass is 10.2. The number of amides is 1. The summed E-state index contributed by atoms with van der Waals surface area (Å²) in [6.45, 7) is 2.03. The number of hydrogen-bond donors (Lipinski definition) is 1. The minimum absolute atomic E-state index is 0.0220. The number of esters is 2. The van der Waals surface area contributed by atoms with Crippen molar-refractivity contribution < 1.29 is 28.6 Å². The summed E-state index contributed by atoms with van der Waals surface area (Å²) in [4.78, 5) is 38.8. The molecule has 1 heterocycles. The van der Waals surface area contributed by atoms with Gasteiger partial charge in [0.1, 0.15) is 5.75 Å². The first-order valence-electron chi connectivity index (χ1n) is 8.39. The molecule has 2 rings (SSSR count). The highest BCUT2D eigenvalue weighted by molar-refractivity contribution is 7.13. The maximum absolute atomic E-state index is 11.8. The van der Waals surface area contributed by atoms with Crippen molar-refractivity contribution in [3.8, 4) is 5.75 Å². The summed E-state index contributed by atoms with van der Waals surface area (Å²) in [5.74, 6) is -0.844. The first-order valence-corrected chi connectivity index (χ1v) is 9.27. The van der Waals surface area contributed by atoms with E-state index in [0.29, 0.717) is 17.4 Å². The topological polar surface area (TPSA) is 104 Å². The standard InChI is InChI=1S/C19H20N2O6S/c1-3-26-15-7-4-13(5-8-15)6-9-17(23)27-11-16(22)21-19-20-14(12-28-19)10-18(24)25-2/h4-9,12H,3,10-11H2,1-2H3,(H,20,21,22)/b9-6+. The van der Waals surface area contributed by atoms with Crippen LogP contribution in [0.15, 0.2) is 35.7 Å². The second-order valence-electron chi connectivity index (χ2n) is 5.39. The van der Waals surface area contributed by atoms with E-state index in [-0.39, 0.29) is 6.42 Å². The summed E-state index contributed by atoms with van der Waals surface area (Å²) in [5, 5.41) is 4.45. The average molecular weight is 404 g/mol. The quantitative estimate of drug-likeness (QED) is 0.506. The van der Waals surface area contributed by atoms with Crippen LogP contribution in [0.2, 0.25) is 0 Å². The highest BCUT2D eigenvalue weighted by atomic mass is 32.1. The van der Waals surface area contributed by atoms with E-state index in [1.165, 1.54) is 13.2 Å². The lowest BCUT2D eigenvalue weighted by molar-refractivity contribution is -0.142. The van der Waals surface area contributed by atoms with Gasteiger partial charge in [-0.05, 0) is 30.7 Å². The molecule has 0 saturated carbocycles. The molecule has 0 radical (unpaired) electrons. The first-order chi connectivity index (χ1) is 13.5. The number of aromatic nitrogens is 1. The molecule has 0 atom stereocenters. The van der Waals surface area contributed by atoms with Crippen LogP contribution in [-0.4, -0.2) is 43.2 Å². The average Bonchev–Trinajstić information content (AvgIpc) is 3.12. The van der Waals surface area contributed by atoms with Gasteiger partial charge in [-0.2, -0.15) is 0 Å². The van der Waals surface area contributed by atoms with Crippen LogP contribution in [0.3, 0.4) is 0 Å². The molecule has 9 heteroatoms. The van der Waals surface area contributed by atoms with Crippen molar-refractivity contribution in [3.63, 3.8) is 0 Å². The molecule has 1 N–H and O–H groups in total. The van der Waals surface area contributed by atoms with Crippen molar-refractivity contribution in [2.24, 2.45) is 0 Å². The number of benzene rings is 1. The number of ether oxygens (including phenoxy) is 3. The van der Waals surface area contributed by atoms with Crippen molar-refractivity contribution in [2.75, 3.05) is 25.6 Å². The monoisotopic (exact) mass is 404 g/mol. The van der Waals surface area contributed by atoms with E-state index in [1.807, 2.05) is 6.92 Å². The Balaban J connectivity index is 1.75. The van der Waals surface area contributed by atoms with Crippen molar-refractivity contribution in [2.45, 2.75) is 13.3 Å². The van der Waals surface area contributed by atoms with Crippen LogP contribution in [-0.2, 0) is 30.3 Å². The van der Waals surface area contributed by atoms with E-state index in [0.717, 1.165) is 22.6 Å². The predicted octanol–water partition coefficient (Wildman–Crippen LogP) is 2.45. The number of thiazole rings is 1. The van der Waals surface area contributed by atoms with Crippen LogP contribution in [0.25, 0.3) is 6.08 Å². The summed E-state index contributed by atoms with van der Waals surface area (Å²) < 4.78 is 14.8. The third kappa shape index (κ3) is 7.20. The molecule has 0 unspecified atom stereocenters. The molecular weight excluding hydrogens is 384 g/mol. The number of carbonyl (C=O) groups excluding carboxylic acids is 3. The second kappa shape index (κ2) is 10.8. The van der Waals surface area contributed by atoms with Crippen LogP contribution in [0.5, 0.6) is 5.75 Å². The molecule has 148 valence electrons. The van der Waals surface area contributed by atoms with Gasteiger partial charge in [-0.3, -0.25) is 14.9 Å². The number of carbonyl (C=O) groups is 3. The Morgan fingerprint density at radius 1 is 1.21 bits per heavy atom. The highest BCUT2D eigenvalue weighted by Crippen LogP contribution is 2.16. The smallest absolute Gasteiger partial charge is 0.331 e. The maximum Gasteiger partial charge on any atom is 0.331 e. The number of nitrogens with one attached hydrogen (secondary N) is 1. The van der Waals surface area contributed by atoms with E-state index >= 15 is 0 Å². The van der Waals surface area contributed by atoms with Crippen molar-refractivity contribution in [1.29, 1.82) is 0 Å². The first kappa shape index (κ1) is 21.1. The third-order valence-electron chi connectivity index (χ3n) is 3.30. The van der Waals surface area contributed by atoms with Crippen LogP contribution in [0.4, 0.5) is 5.13 Å². The number of hydrogen-bond acceptors (Lipinski definition) is 8. The van der Waals surface area contributed by atoms with Gasteiger partial charge in [0.2, 0.25) is 0 Å². The fourth-order valence-electron chi connectivity index (χ4n) is 2.01. The zero-order chi connectivity index (χ0) is 20.4. The number of methoxy groups -OCH3 is 1. The number of anilines is 1. The van der Waals surface area contributed by atoms with Gasteiger partial charge in [0, 0.05) is 11.5 Å². The van der Waals surface area contributed by atoms with Gasteiger partial charge in [-0.15, -0.1) is 11.3 Å². The summed E-state index contributed by atoms with van der Waals surface area (Å²) in [5.41, 5.74) is 1.29. The Hall–Kier alpha value is -3.20. The Morgan fingerprint density at radius 3 is 2.64 bits per heavy atom. The highest BCUT2D eigenvalue weighted by Gasteiger charge is 2.11. The molecule has 0 fully saturated rings. The SMILES string of the molecule is CCOc1ccc(/C=C/C(=O)OCC(=O)Nc2nc(CC(=O)OC)cs2)cc1. The Morgan fingerprint density at radius 2 is 1.96 bits per heavy atom. The van der Waals surface area contributed by atoms with Gasteiger partial charge in [0.05, 0.1) is 25.8 Å². The van der Waals surface area contributed by atoms with Gasteiger partial charge < -0.3 is 14.2 Å². The summed E-state index contributed by atoms with van der Waals surface area (Å²) in [7, 11) is 1.29. The molecule has 0 aliphatic carbocycles. The molecule has 0 aliphatic rings. The molecule has 0 spiro atoms. The lowest BCUT2D eigenvalue weighted by Crippen LogP contribution is -2.20. The number of nitrogens with zero attached hydrogens (tertiary/aromatic N) is 1. The van der Waals surface area contributed by atoms with Gasteiger partial charge in [0.25, 0.3) is 5.91 Å². The van der Waals surface area contributed by atoms with Gasteiger partial charge in [-0.1, -0.05) is 12.1 Å². The summed E-state index contributed by atoms with van der Waals surface area (Å²) in [6, 6.07) is 7.20. The molecule has 1 aromatic carbocycles. The fourth-order valence-corrected chi connectivity index (χ4v) is 2.74.